The molecule has 0 bridgehead atoms. The number of unbranched alkanes of at least 4 members (excludes halogenated alkanes) is 1. The smallest absolute Gasteiger partial charge is 0.0768 e. The minimum absolute atomic E-state index is 0.947. The van der Waals surface area contributed by atoms with Crippen molar-refractivity contribution in [3.05, 3.63) is 33.5 Å². The van der Waals surface area contributed by atoms with E-state index in [1.54, 1.807) is 11.3 Å². The number of hydrogen-bond donors (Lipinski definition) is 0. The van der Waals surface area contributed by atoms with E-state index in [0.29, 0.717) is 0 Å². The Hall–Kier alpha value is -0.520. The molecule has 0 spiro atoms. The molecule has 0 nitrogen and oxygen atoms in total. The Labute approximate surface area is 91.8 Å². The van der Waals surface area contributed by atoms with E-state index in [1.165, 1.54) is 0 Å². The molecule has 0 aliphatic heterocycles. The van der Waals surface area contributed by atoms with Crippen molar-refractivity contribution in [1.82, 2.24) is 0 Å². The Bertz CT molecular complexity index is 314. The minimum atomic E-state index is 0.947. The van der Waals surface area contributed by atoms with Crippen molar-refractivity contribution in [2.75, 3.05) is 0 Å². The summed E-state index contributed by atoms with van der Waals surface area (Å²) in [5, 5.41) is 2.05. The number of allylic oxidation sites excluding steroid dienone is 1. The zero-order chi connectivity index (χ0) is 9.52. The summed E-state index contributed by atoms with van der Waals surface area (Å²) in [6.45, 7) is 3.77. The zero-order valence-electron chi connectivity index (χ0n) is 7.35. The first-order valence-electron chi connectivity index (χ1n) is 4.14. The highest BCUT2D eigenvalue weighted by atomic mass is 79.9. The lowest BCUT2D eigenvalue weighted by atomic mass is 10.2. The van der Waals surface area contributed by atoms with Crippen LogP contribution in [-0.2, 0) is 0 Å². The molecule has 0 fully saturated rings. The molecule has 1 heterocycles. The average molecular weight is 255 g/mol. The van der Waals surface area contributed by atoms with Gasteiger partial charge < -0.3 is 0 Å². The molecule has 0 aliphatic carbocycles. The largest absolute Gasteiger partial charge is 0.135 e. The van der Waals surface area contributed by atoms with Crippen LogP contribution in [0.5, 0.6) is 0 Å². The Kier molecular flexibility index (Phi) is 4.88. The maximum atomic E-state index is 3.77. The third-order valence-corrected chi connectivity index (χ3v) is 2.66. The molecule has 0 atom stereocenters. The molecule has 0 amide bonds. The van der Waals surface area contributed by atoms with Gasteiger partial charge in [0.05, 0.1) is 4.88 Å². The second kappa shape index (κ2) is 6.01. The molecule has 0 unspecified atom stereocenters. The first kappa shape index (κ1) is 10.6. The van der Waals surface area contributed by atoms with Crippen molar-refractivity contribution in [2.24, 2.45) is 0 Å². The van der Waals surface area contributed by atoms with Crippen LogP contribution >= 0.6 is 27.3 Å². The number of thiophene rings is 1. The fourth-order valence-electron chi connectivity index (χ4n) is 0.868. The summed E-state index contributed by atoms with van der Waals surface area (Å²) < 4.78 is 1.06. The fraction of sp³-hybridized carbons (Fsp3) is 0.273. The van der Waals surface area contributed by atoms with Gasteiger partial charge in [-0.25, -0.2) is 0 Å². The van der Waals surface area contributed by atoms with Gasteiger partial charge in [-0.05, 0) is 28.8 Å². The Balaban J connectivity index is 2.22. The Morgan fingerprint density at radius 2 is 2.46 bits per heavy atom. The summed E-state index contributed by atoms with van der Waals surface area (Å²) in [7, 11) is 0. The highest BCUT2D eigenvalue weighted by Gasteiger charge is 1.87. The van der Waals surface area contributed by atoms with Gasteiger partial charge in [0.15, 0.2) is 0 Å². The quantitative estimate of drug-likeness (QED) is 0.561. The summed E-state index contributed by atoms with van der Waals surface area (Å²) in [4.78, 5) is 1.15. The molecule has 2 heteroatoms. The van der Waals surface area contributed by atoms with Crippen molar-refractivity contribution in [3.8, 4) is 11.8 Å². The van der Waals surface area contributed by atoms with E-state index >= 15 is 0 Å². The van der Waals surface area contributed by atoms with Gasteiger partial charge in [-0.15, -0.1) is 11.3 Å². The maximum Gasteiger partial charge on any atom is 0.0768 e. The normalized spacial score (nSPS) is 9.00. The summed E-state index contributed by atoms with van der Waals surface area (Å²) in [6, 6.07) is 4.07. The molecule has 0 saturated heterocycles. The van der Waals surface area contributed by atoms with Crippen LogP contribution in [0.1, 0.15) is 24.1 Å². The van der Waals surface area contributed by atoms with Gasteiger partial charge in [0.25, 0.3) is 0 Å². The Morgan fingerprint density at radius 1 is 1.62 bits per heavy atom. The van der Waals surface area contributed by atoms with Crippen LogP contribution in [0, 0.1) is 11.8 Å². The van der Waals surface area contributed by atoms with Gasteiger partial charge in [-0.1, -0.05) is 40.4 Å². The lowest BCUT2D eigenvalue weighted by Gasteiger charge is -1.90. The topological polar surface area (TPSA) is 0 Å². The minimum Gasteiger partial charge on any atom is -0.135 e. The molecule has 1 aromatic heterocycles. The molecular formula is C11H11BrS. The van der Waals surface area contributed by atoms with Gasteiger partial charge in [0.2, 0.25) is 0 Å². The molecular weight excluding hydrogens is 244 g/mol. The number of hydrogen-bond acceptors (Lipinski definition) is 1. The third-order valence-electron chi connectivity index (χ3n) is 1.48. The Morgan fingerprint density at radius 3 is 3.08 bits per heavy atom. The molecule has 0 saturated carbocycles. The SMILES string of the molecule is C=C(Br)CCCC#Cc1cccs1. The average Bonchev–Trinajstić information content (AvgIpc) is 2.55. The van der Waals surface area contributed by atoms with Crippen molar-refractivity contribution in [3.63, 3.8) is 0 Å². The summed E-state index contributed by atoms with van der Waals surface area (Å²) in [5.41, 5.74) is 0. The van der Waals surface area contributed by atoms with Gasteiger partial charge in [-0.2, -0.15) is 0 Å². The van der Waals surface area contributed by atoms with Crippen LogP contribution in [0.4, 0.5) is 0 Å². The van der Waals surface area contributed by atoms with E-state index in [-0.39, 0.29) is 0 Å². The summed E-state index contributed by atoms with van der Waals surface area (Å²) in [6.07, 6.45) is 3.05. The van der Waals surface area contributed by atoms with Gasteiger partial charge >= 0.3 is 0 Å². The van der Waals surface area contributed by atoms with Crippen LogP contribution in [0.25, 0.3) is 0 Å². The van der Waals surface area contributed by atoms with Crippen molar-refractivity contribution >= 4 is 27.3 Å². The molecule has 0 N–H and O–H groups in total. The molecule has 0 radical (unpaired) electrons. The first-order chi connectivity index (χ1) is 6.29. The lowest BCUT2D eigenvalue weighted by Crippen LogP contribution is -1.72. The van der Waals surface area contributed by atoms with E-state index in [0.717, 1.165) is 28.6 Å². The second-order valence-corrected chi connectivity index (χ2v) is 4.72. The van der Waals surface area contributed by atoms with Crippen molar-refractivity contribution in [2.45, 2.75) is 19.3 Å². The van der Waals surface area contributed by atoms with Gasteiger partial charge in [-0.3, -0.25) is 0 Å². The molecule has 13 heavy (non-hydrogen) atoms. The van der Waals surface area contributed by atoms with E-state index in [1.807, 2.05) is 17.5 Å². The van der Waals surface area contributed by atoms with E-state index in [9.17, 15) is 0 Å². The van der Waals surface area contributed by atoms with Gasteiger partial charge in [0.1, 0.15) is 0 Å². The zero-order valence-corrected chi connectivity index (χ0v) is 9.75. The van der Waals surface area contributed by atoms with Crippen LogP contribution in [0.2, 0.25) is 0 Å². The third kappa shape index (κ3) is 4.92. The second-order valence-electron chi connectivity index (χ2n) is 2.65. The van der Waals surface area contributed by atoms with Gasteiger partial charge in [0, 0.05) is 6.42 Å². The highest BCUT2D eigenvalue weighted by Crippen LogP contribution is 2.11. The molecule has 0 aromatic carbocycles. The molecule has 68 valence electrons. The van der Waals surface area contributed by atoms with E-state index in [4.69, 9.17) is 0 Å². The highest BCUT2D eigenvalue weighted by molar-refractivity contribution is 9.11. The molecule has 1 rings (SSSR count). The maximum absolute atomic E-state index is 3.77. The molecule has 0 aliphatic rings. The van der Waals surface area contributed by atoms with Crippen LogP contribution in [0.3, 0.4) is 0 Å². The van der Waals surface area contributed by atoms with Crippen molar-refractivity contribution < 1.29 is 0 Å². The lowest BCUT2D eigenvalue weighted by molar-refractivity contribution is 0.881. The standard InChI is InChI=1S/C11H11BrS/c1-10(12)6-3-2-4-7-11-8-5-9-13-11/h5,8-9H,1-3,6H2. The number of rotatable bonds is 3. The predicted molar refractivity (Wildman–Crippen MR) is 63.1 cm³/mol. The van der Waals surface area contributed by atoms with E-state index < -0.39 is 0 Å². The van der Waals surface area contributed by atoms with Crippen LogP contribution in [0.15, 0.2) is 28.6 Å². The first-order valence-corrected chi connectivity index (χ1v) is 5.82. The van der Waals surface area contributed by atoms with E-state index in [2.05, 4.69) is 34.3 Å². The van der Waals surface area contributed by atoms with Crippen molar-refractivity contribution in [1.29, 1.82) is 0 Å². The summed E-state index contributed by atoms with van der Waals surface area (Å²) >= 11 is 5.01. The molecule has 1 aromatic rings. The van der Waals surface area contributed by atoms with Crippen LogP contribution < -0.4 is 0 Å². The monoisotopic (exact) mass is 254 g/mol. The number of halogens is 1. The van der Waals surface area contributed by atoms with Crippen LogP contribution in [-0.4, -0.2) is 0 Å². The summed E-state index contributed by atoms with van der Waals surface area (Å²) in [5.74, 6) is 6.26. The fourth-order valence-corrected chi connectivity index (χ4v) is 1.74. The predicted octanol–water partition coefficient (Wildman–Crippen LogP) is 4.18.